The van der Waals surface area contributed by atoms with Crippen LogP contribution in [0.2, 0.25) is 0 Å². The van der Waals surface area contributed by atoms with Crippen LogP contribution in [0.4, 0.5) is 5.69 Å². The number of rotatable bonds is 3. The summed E-state index contributed by atoms with van der Waals surface area (Å²) < 4.78 is 0. The second-order valence-corrected chi connectivity index (χ2v) is 4.72. The van der Waals surface area contributed by atoms with Crippen LogP contribution in [-0.2, 0) is 0 Å². The first-order valence-corrected chi connectivity index (χ1v) is 6.20. The van der Waals surface area contributed by atoms with Crippen molar-refractivity contribution < 1.29 is 0 Å². The highest BCUT2D eigenvalue weighted by Gasteiger charge is 2.14. The van der Waals surface area contributed by atoms with Crippen molar-refractivity contribution >= 4 is 5.69 Å². The Morgan fingerprint density at radius 2 is 1.71 bits per heavy atom. The lowest BCUT2D eigenvalue weighted by Crippen LogP contribution is -2.44. The summed E-state index contributed by atoms with van der Waals surface area (Å²) in [6.07, 6.45) is 0. The van der Waals surface area contributed by atoms with E-state index in [-0.39, 0.29) is 6.04 Å². The fourth-order valence-corrected chi connectivity index (χ4v) is 2.13. The molecule has 0 amide bonds. The van der Waals surface area contributed by atoms with Gasteiger partial charge in [-0.25, -0.2) is 0 Å². The molecule has 17 heavy (non-hydrogen) atoms. The molecule has 1 aromatic carbocycles. The first kappa shape index (κ1) is 12.4. The van der Waals surface area contributed by atoms with Crippen LogP contribution in [0.5, 0.6) is 0 Å². The van der Waals surface area contributed by atoms with Crippen molar-refractivity contribution in [3.05, 3.63) is 29.8 Å². The average molecular weight is 234 g/mol. The Bertz CT molecular complexity index is 341. The van der Waals surface area contributed by atoms with E-state index in [4.69, 9.17) is 11.5 Å². The maximum Gasteiger partial charge on any atom is 0.0419 e. The van der Waals surface area contributed by atoms with Crippen LogP contribution in [0, 0.1) is 0 Å². The van der Waals surface area contributed by atoms with Gasteiger partial charge in [-0.15, -0.1) is 0 Å². The van der Waals surface area contributed by atoms with Crippen molar-refractivity contribution in [2.75, 3.05) is 44.7 Å². The zero-order valence-corrected chi connectivity index (χ0v) is 10.5. The minimum Gasteiger partial charge on any atom is -0.369 e. The van der Waals surface area contributed by atoms with Crippen LogP contribution in [-0.4, -0.2) is 44.7 Å². The van der Waals surface area contributed by atoms with Crippen LogP contribution in [0.3, 0.4) is 0 Å². The van der Waals surface area contributed by atoms with Crippen molar-refractivity contribution in [3.8, 4) is 0 Å². The Hall–Kier alpha value is -1.10. The highest BCUT2D eigenvalue weighted by molar-refractivity contribution is 5.48. The summed E-state index contributed by atoms with van der Waals surface area (Å²) in [6, 6.07) is 8.43. The van der Waals surface area contributed by atoms with Crippen LogP contribution < -0.4 is 16.4 Å². The Morgan fingerprint density at radius 1 is 1.12 bits per heavy atom. The van der Waals surface area contributed by atoms with E-state index in [1.807, 2.05) is 0 Å². The Balaban J connectivity index is 2.02. The van der Waals surface area contributed by atoms with Gasteiger partial charge in [0.1, 0.15) is 0 Å². The largest absolute Gasteiger partial charge is 0.369 e. The van der Waals surface area contributed by atoms with Gasteiger partial charge in [-0.3, -0.25) is 0 Å². The number of anilines is 1. The fraction of sp³-hybridized carbons (Fsp3) is 0.538. The van der Waals surface area contributed by atoms with E-state index < -0.39 is 0 Å². The summed E-state index contributed by atoms with van der Waals surface area (Å²) in [5.41, 5.74) is 13.9. The first-order valence-electron chi connectivity index (χ1n) is 6.20. The zero-order chi connectivity index (χ0) is 12.3. The molecule has 1 saturated heterocycles. The maximum absolute atomic E-state index is 5.90. The summed E-state index contributed by atoms with van der Waals surface area (Å²) in [7, 11) is 2.17. The fourth-order valence-electron chi connectivity index (χ4n) is 2.13. The van der Waals surface area contributed by atoms with Crippen LogP contribution in [0.1, 0.15) is 11.6 Å². The first-order chi connectivity index (χ1) is 8.20. The van der Waals surface area contributed by atoms with Gasteiger partial charge in [0.15, 0.2) is 0 Å². The lowest BCUT2D eigenvalue weighted by Gasteiger charge is -2.34. The predicted molar refractivity (Wildman–Crippen MR) is 72.1 cm³/mol. The summed E-state index contributed by atoms with van der Waals surface area (Å²) in [6.45, 7) is 4.94. The van der Waals surface area contributed by atoms with E-state index in [2.05, 4.69) is 41.1 Å². The molecule has 1 aliphatic rings. The maximum atomic E-state index is 5.90. The number of piperazine rings is 1. The third-order valence-corrected chi connectivity index (χ3v) is 3.44. The number of nitrogens with two attached hydrogens (primary N) is 2. The number of benzene rings is 1. The summed E-state index contributed by atoms with van der Waals surface area (Å²) in [5, 5.41) is 0. The Morgan fingerprint density at radius 3 is 2.24 bits per heavy atom. The quantitative estimate of drug-likeness (QED) is 0.794. The molecule has 1 fully saturated rings. The normalized spacial score (nSPS) is 19.4. The number of likely N-dealkylation sites (N-methyl/N-ethyl adjacent to an activating group) is 1. The molecular formula is C13H22N4. The Kier molecular flexibility index (Phi) is 3.99. The molecule has 1 heterocycles. The molecule has 1 aromatic rings. The minimum absolute atomic E-state index is 0.0449. The lowest BCUT2D eigenvalue weighted by molar-refractivity contribution is 0.313. The highest BCUT2D eigenvalue weighted by Crippen LogP contribution is 2.19. The van der Waals surface area contributed by atoms with Gasteiger partial charge in [-0.1, -0.05) is 12.1 Å². The van der Waals surface area contributed by atoms with Crippen molar-refractivity contribution in [3.63, 3.8) is 0 Å². The SMILES string of the molecule is CN1CCN(c2ccc([C@H](N)CN)cc2)CC1. The molecule has 1 atom stereocenters. The van der Waals surface area contributed by atoms with Crippen molar-refractivity contribution in [1.82, 2.24) is 4.90 Å². The zero-order valence-electron chi connectivity index (χ0n) is 10.5. The van der Waals surface area contributed by atoms with Crippen LogP contribution >= 0.6 is 0 Å². The van der Waals surface area contributed by atoms with E-state index >= 15 is 0 Å². The number of hydrogen-bond acceptors (Lipinski definition) is 4. The van der Waals surface area contributed by atoms with Crippen LogP contribution in [0.15, 0.2) is 24.3 Å². The van der Waals surface area contributed by atoms with Gasteiger partial charge in [0.25, 0.3) is 0 Å². The van der Waals surface area contributed by atoms with E-state index in [9.17, 15) is 0 Å². The molecular weight excluding hydrogens is 212 g/mol. The molecule has 0 unspecified atom stereocenters. The third-order valence-electron chi connectivity index (χ3n) is 3.44. The molecule has 0 spiro atoms. The average Bonchev–Trinajstić information content (AvgIpc) is 2.39. The second-order valence-electron chi connectivity index (χ2n) is 4.72. The molecule has 4 nitrogen and oxygen atoms in total. The van der Waals surface area contributed by atoms with Gasteiger partial charge in [-0.2, -0.15) is 0 Å². The third kappa shape index (κ3) is 2.97. The molecule has 94 valence electrons. The molecule has 4 N–H and O–H groups in total. The van der Waals surface area contributed by atoms with Crippen LogP contribution in [0.25, 0.3) is 0 Å². The molecule has 2 rings (SSSR count). The smallest absolute Gasteiger partial charge is 0.0419 e. The van der Waals surface area contributed by atoms with Gasteiger partial charge in [0.2, 0.25) is 0 Å². The van der Waals surface area contributed by atoms with Gasteiger partial charge >= 0.3 is 0 Å². The predicted octanol–water partition coefficient (Wildman–Crippen LogP) is 0.397. The monoisotopic (exact) mass is 234 g/mol. The van der Waals surface area contributed by atoms with E-state index in [1.165, 1.54) is 5.69 Å². The molecule has 0 saturated carbocycles. The molecule has 0 aliphatic carbocycles. The van der Waals surface area contributed by atoms with Crippen molar-refractivity contribution in [2.24, 2.45) is 11.5 Å². The summed E-state index contributed by atoms with van der Waals surface area (Å²) in [4.78, 5) is 4.77. The molecule has 0 bridgehead atoms. The topological polar surface area (TPSA) is 58.5 Å². The number of hydrogen-bond donors (Lipinski definition) is 2. The highest BCUT2D eigenvalue weighted by atomic mass is 15.2. The minimum atomic E-state index is -0.0449. The lowest BCUT2D eigenvalue weighted by atomic mass is 10.1. The van der Waals surface area contributed by atoms with Crippen molar-refractivity contribution in [2.45, 2.75) is 6.04 Å². The molecule has 0 aromatic heterocycles. The summed E-state index contributed by atoms with van der Waals surface area (Å²) in [5.74, 6) is 0. The molecule has 0 radical (unpaired) electrons. The molecule has 4 heteroatoms. The number of nitrogens with zero attached hydrogens (tertiary/aromatic N) is 2. The van der Waals surface area contributed by atoms with Gasteiger partial charge in [0.05, 0.1) is 0 Å². The van der Waals surface area contributed by atoms with E-state index in [0.29, 0.717) is 6.54 Å². The molecule has 1 aliphatic heterocycles. The van der Waals surface area contributed by atoms with Gasteiger partial charge < -0.3 is 21.3 Å². The van der Waals surface area contributed by atoms with Gasteiger partial charge in [0, 0.05) is 44.5 Å². The Labute approximate surface area is 103 Å². The van der Waals surface area contributed by atoms with Crippen molar-refractivity contribution in [1.29, 1.82) is 0 Å². The van der Waals surface area contributed by atoms with E-state index in [1.54, 1.807) is 0 Å². The van der Waals surface area contributed by atoms with Gasteiger partial charge in [-0.05, 0) is 24.7 Å². The summed E-state index contributed by atoms with van der Waals surface area (Å²) >= 11 is 0. The van der Waals surface area contributed by atoms with E-state index in [0.717, 1.165) is 31.7 Å². The second kappa shape index (κ2) is 5.49. The standard InChI is InChI=1S/C13H22N4/c1-16-6-8-17(9-7-16)12-4-2-11(3-5-12)13(15)10-14/h2-5,13H,6-10,14-15H2,1H3/t13-/m1/s1.